The standard InChI is InChI=1S/C20H21F3N2O/c1-14-10-12-25(13-11-14)16-8-6-15(7-9-16)24-19(26)17-4-2-3-5-18(17)20(21,22)23/h2-9,14H,10-13H2,1H3,(H,24,26). The minimum Gasteiger partial charge on any atom is -0.372 e. The molecular weight excluding hydrogens is 341 g/mol. The van der Waals surface area contributed by atoms with E-state index in [1.165, 1.54) is 18.2 Å². The molecular formula is C20H21F3N2O. The molecule has 26 heavy (non-hydrogen) atoms. The second-order valence-electron chi connectivity index (χ2n) is 6.71. The van der Waals surface area contributed by atoms with E-state index < -0.39 is 17.6 Å². The third kappa shape index (κ3) is 4.18. The minimum atomic E-state index is -4.57. The topological polar surface area (TPSA) is 32.3 Å². The van der Waals surface area contributed by atoms with E-state index in [1.807, 2.05) is 12.1 Å². The summed E-state index contributed by atoms with van der Waals surface area (Å²) in [7, 11) is 0. The first-order valence-electron chi connectivity index (χ1n) is 8.67. The normalized spacial score (nSPS) is 15.8. The Labute approximate surface area is 150 Å². The smallest absolute Gasteiger partial charge is 0.372 e. The lowest BCUT2D eigenvalue weighted by atomic mass is 9.99. The van der Waals surface area contributed by atoms with Crippen LogP contribution in [0.2, 0.25) is 0 Å². The molecule has 0 bridgehead atoms. The molecule has 0 aliphatic carbocycles. The maximum atomic E-state index is 13.0. The van der Waals surface area contributed by atoms with Crippen LogP contribution in [-0.4, -0.2) is 19.0 Å². The van der Waals surface area contributed by atoms with Gasteiger partial charge in [-0.2, -0.15) is 13.2 Å². The van der Waals surface area contributed by atoms with Crippen molar-refractivity contribution in [2.75, 3.05) is 23.3 Å². The number of benzene rings is 2. The van der Waals surface area contributed by atoms with Gasteiger partial charge in [0.1, 0.15) is 0 Å². The third-order valence-corrected chi connectivity index (χ3v) is 4.75. The molecule has 3 rings (SSSR count). The highest BCUT2D eigenvalue weighted by molar-refractivity contribution is 6.05. The number of anilines is 2. The second kappa shape index (κ2) is 7.40. The zero-order chi connectivity index (χ0) is 18.7. The molecule has 1 aliphatic heterocycles. The number of hydrogen-bond acceptors (Lipinski definition) is 2. The molecule has 2 aromatic carbocycles. The van der Waals surface area contributed by atoms with E-state index in [4.69, 9.17) is 0 Å². The first-order valence-corrected chi connectivity index (χ1v) is 8.67. The van der Waals surface area contributed by atoms with Crippen molar-refractivity contribution >= 4 is 17.3 Å². The fraction of sp³-hybridized carbons (Fsp3) is 0.350. The predicted octanol–water partition coefficient (Wildman–Crippen LogP) is 5.19. The van der Waals surface area contributed by atoms with Crippen LogP contribution in [0.5, 0.6) is 0 Å². The molecule has 1 aliphatic rings. The number of halogens is 3. The van der Waals surface area contributed by atoms with Gasteiger partial charge < -0.3 is 10.2 Å². The quantitative estimate of drug-likeness (QED) is 0.814. The fourth-order valence-electron chi connectivity index (χ4n) is 3.15. The Morgan fingerprint density at radius 1 is 1.04 bits per heavy atom. The number of carbonyl (C=O) groups is 1. The van der Waals surface area contributed by atoms with Gasteiger partial charge in [-0.25, -0.2) is 0 Å². The number of nitrogens with zero attached hydrogens (tertiary/aromatic N) is 1. The molecule has 6 heteroatoms. The lowest BCUT2D eigenvalue weighted by Crippen LogP contribution is -2.32. The van der Waals surface area contributed by atoms with E-state index in [0.29, 0.717) is 5.69 Å². The van der Waals surface area contributed by atoms with Crippen LogP contribution in [-0.2, 0) is 6.18 Å². The van der Waals surface area contributed by atoms with E-state index in [-0.39, 0.29) is 5.56 Å². The van der Waals surface area contributed by atoms with Gasteiger partial charge in [0.2, 0.25) is 0 Å². The third-order valence-electron chi connectivity index (χ3n) is 4.75. The van der Waals surface area contributed by atoms with E-state index in [0.717, 1.165) is 43.6 Å². The summed E-state index contributed by atoms with van der Waals surface area (Å²) in [6, 6.07) is 12.0. The Balaban J connectivity index is 1.71. The van der Waals surface area contributed by atoms with Crippen LogP contribution in [0, 0.1) is 5.92 Å². The molecule has 0 aromatic heterocycles. The van der Waals surface area contributed by atoms with Gasteiger partial charge in [0.05, 0.1) is 11.1 Å². The lowest BCUT2D eigenvalue weighted by molar-refractivity contribution is -0.137. The molecule has 3 nitrogen and oxygen atoms in total. The summed E-state index contributed by atoms with van der Waals surface area (Å²) in [5, 5.41) is 2.55. The fourth-order valence-corrected chi connectivity index (χ4v) is 3.15. The van der Waals surface area contributed by atoms with Crippen LogP contribution in [0.1, 0.15) is 35.7 Å². The van der Waals surface area contributed by atoms with Gasteiger partial charge in [0.25, 0.3) is 5.91 Å². The van der Waals surface area contributed by atoms with Crippen molar-refractivity contribution in [3.8, 4) is 0 Å². The molecule has 0 unspecified atom stereocenters. The number of piperidine rings is 1. The number of hydrogen-bond donors (Lipinski definition) is 1. The van der Waals surface area contributed by atoms with E-state index >= 15 is 0 Å². The SMILES string of the molecule is CC1CCN(c2ccc(NC(=O)c3ccccc3C(F)(F)F)cc2)CC1. The summed E-state index contributed by atoms with van der Waals surface area (Å²) in [6.45, 7) is 4.23. The second-order valence-corrected chi connectivity index (χ2v) is 6.71. The molecule has 2 aromatic rings. The summed E-state index contributed by atoms with van der Waals surface area (Å²) in [5.41, 5.74) is 0.220. The van der Waals surface area contributed by atoms with Gasteiger partial charge in [-0.15, -0.1) is 0 Å². The molecule has 1 fully saturated rings. The van der Waals surface area contributed by atoms with Gasteiger partial charge in [0, 0.05) is 24.5 Å². The Morgan fingerprint density at radius 2 is 1.65 bits per heavy atom. The van der Waals surface area contributed by atoms with Gasteiger partial charge in [-0.3, -0.25) is 4.79 Å². The summed E-state index contributed by atoms with van der Waals surface area (Å²) < 4.78 is 39.1. The maximum absolute atomic E-state index is 13.0. The highest BCUT2D eigenvalue weighted by Gasteiger charge is 2.34. The van der Waals surface area contributed by atoms with Gasteiger partial charge in [-0.1, -0.05) is 19.1 Å². The molecule has 1 amide bonds. The number of alkyl halides is 3. The van der Waals surface area contributed by atoms with E-state index in [9.17, 15) is 18.0 Å². The summed E-state index contributed by atoms with van der Waals surface area (Å²) in [5.74, 6) is -0.0315. The Kier molecular flexibility index (Phi) is 5.20. The van der Waals surface area contributed by atoms with Crippen molar-refractivity contribution in [2.24, 2.45) is 5.92 Å². The molecule has 1 N–H and O–H groups in total. The average molecular weight is 362 g/mol. The summed E-state index contributed by atoms with van der Waals surface area (Å²) in [4.78, 5) is 14.6. The monoisotopic (exact) mass is 362 g/mol. The Morgan fingerprint density at radius 3 is 2.27 bits per heavy atom. The van der Waals surface area contributed by atoms with Crippen LogP contribution in [0.25, 0.3) is 0 Å². The number of nitrogens with one attached hydrogen (secondary N) is 1. The van der Waals surface area contributed by atoms with Gasteiger partial charge in [0.15, 0.2) is 0 Å². The molecule has 0 spiro atoms. The van der Waals surface area contributed by atoms with Crippen LogP contribution in [0.4, 0.5) is 24.5 Å². The number of carbonyl (C=O) groups excluding carboxylic acids is 1. The first-order chi connectivity index (χ1) is 12.3. The van der Waals surface area contributed by atoms with Gasteiger partial charge >= 0.3 is 6.18 Å². The Bertz CT molecular complexity index is 763. The van der Waals surface area contributed by atoms with Crippen molar-refractivity contribution < 1.29 is 18.0 Å². The van der Waals surface area contributed by atoms with Crippen LogP contribution in [0.3, 0.4) is 0 Å². The highest BCUT2D eigenvalue weighted by atomic mass is 19.4. The van der Waals surface area contributed by atoms with Crippen molar-refractivity contribution in [1.29, 1.82) is 0 Å². The molecule has 1 saturated heterocycles. The van der Waals surface area contributed by atoms with Crippen LogP contribution >= 0.6 is 0 Å². The number of amides is 1. The first kappa shape index (κ1) is 18.3. The molecule has 0 atom stereocenters. The molecule has 1 heterocycles. The average Bonchev–Trinajstić information content (AvgIpc) is 2.62. The summed E-state index contributed by atoms with van der Waals surface area (Å²) >= 11 is 0. The largest absolute Gasteiger partial charge is 0.417 e. The molecule has 0 radical (unpaired) electrons. The maximum Gasteiger partial charge on any atom is 0.417 e. The van der Waals surface area contributed by atoms with Crippen LogP contribution < -0.4 is 10.2 Å². The zero-order valence-corrected chi connectivity index (χ0v) is 14.5. The van der Waals surface area contributed by atoms with Crippen LogP contribution in [0.15, 0.2) is 48.5 Å². The Hall–Kier alpha value is -2.50. The van der Waals surface area contributed by atoms with Gasteiger partial charge in [-0.05, 0) is 55.2 Å². The predicted molar refractivity (Wildman–Crippen MR) is 96.5 cm³/mol. The zero-order valence-electron chi connectivity index (χ0n) is 14.5. The minimum absolute atomic E-state index is 0.380. The molecule has 138 valence electrons. The van der Waals surface area contributed by atoms with Crippen molar-refractivity contribution in [3.05, 3.63) is 59.7 Å². The van der Waals surface area contributed by atoms with E-state index in [1.54, 1.807) is 12.1 Å². The summed E-state index contributed by atoms with van der Waals surface area (Å²) in [6.07, 6.45) is -2.28. The number of rotatable bonds is 3. The van der Waals surface area contributed by atoms with Crippen molar-refractivity contribution in [2.45, 2.75) is 25.9 Å². The van der Waals surface area contributed by atoms with Crippen molar-refractivity contribution in [1.82, 2.24) is 0 Å². The van der Waals surface area contributed by atoms with E-state index in [2.05, 4.69) is 17.1 Å². The molecule has 0 saturated carbocycles. The highest BCUT2D eigenvalue weighted by Crippen LogP contribution is 2.32. The van der Waals surface area contributed by atoms with Crippen molar-refractivity contribution in [3.63, 3.8) is 0 Å². The lowest BCUT2D eigenvalue weighted by Gasteiger charge is -2.32.